The van der Waals surface area contributed by atoms with Crippen molar-refractivity contribution in [2.75, 3.05) is 19.8 Å². The van der Waals surface area contributed by atoms with E-state index in [1.54, 1.807) is 0 Å². The molecule has 2 atom stereocenters. The van der Waals surface area contributed by atoms with Gasteiger partial charge >= 0.3 is 0 Å². The van der Waals surface area contributed by atoms with Gasteiger partial charge in [-0.2, -0.15) is 11.8 Å². The molecule has 1 heterocycles. The largest absolute Gasteiger partial charge is 0.381 e. The molecule has 2 unspecified atom stereocenters. The molecule has 0 radical (unpaired) electrons. The van der Waals surface area contributed by atoms with Crippen LogP contribution in [0.15, 0.2) is 0 Å². The summed E-state index contributed by atoms with van der Waals surface area (Å²) in [6, 6.07) is 0.764. The second-order valence-electron chi connectivity index (χ2n) is 5.68. The molecule has 2 rings (SSSR count). The minimum Gasteiger partial charge on any atom is -0.381 e. The van der Waals surface area contributed by atoms with Crippen molar-refractivity contribution < 1.29 is 4.74 Å². The number of hydrogen-bond donors (Lipinski definition) is 1. The van der Waals surface area contributed by atoms with Crippen LogP contribution in [-0.4, -0.2) is 36.3 Å². The molecule has 1 saturated carbocycles. The lowest BCUT2D eigenvalue weighted by molar-refractivity contribution is 0.0998. The van der Waals surface area contributed by atoms with Crippen LogP contribution >= 0.6 is 11.8 Å². The summed E-state index contributed by atoms with van der Waals surface area (Å²) in [5.41, 5.74) is 0. The van der Waals surface area contributed by atoms with Gasteiger partial charge in [0.1, 0.15) is 0 Å². The lowest BCUT2D eigenvalue weighted by Gasteiger charge is -2.31. The van der Waals surface area contributed by atoms with E-state index >= 15 is 0 Å². The molecule has 106 valence electrons. The number of hydrogen-bond acceptors (Lipinski definition) is 3. The number of thioether (sulfide) groups is 1. The molecule has 1 aliphatic carbocycles. The number of rotatable bonds is 5. The second kappa shape index (κ2) is 8.44. The van der Waals surface area contributed by atoms with Crippen molar-refractivity contribution in [2.45, 2.75) is 74.8 Å². The van der Waals surface area contributed by atoms with E-state index in [1.807, 2.05) is 0 Å². The molecule has 2 fully saturated rings. The lowest BCUT2D eigenvalue weighted by Crippen LogP contribution is -2.39. The van der Waals surface area contributed by atoms with Crippen LogP contribution in [0.5, 0.6) is 0 Å². The first-order chi connectivity index (χ1) is 8.90. The summed E-state index contributed by atoms with van der Waals surface area (Å²) in [6.07, 6.45) is 10.9. The first-order valence-electron chi connectivity index (χ1n) is 7.86. The predicted molar refractivity (Wildman–Crippen MR) is 80.4 cm³/mol. The zero-order chi connectivity index (χ0) is 12.6. The van der Waals surface area contributed by atoms with Crippen LogP contribution in [0.2, 0.25) is 0 Å². The first kappa shape index (κ1) is 14.7. The van der Waals surface area contributed by atoms with Gasteiger partial charge in [-0.1, -0.05) is 26.2 Å². The van der Waals surface area contributed by atoms with E-state index in [1.165, 1.54) is 57.9 Å². The van der Waals surface area contributed by atoms with Gasteiger partial charge in [-0.25, -0.2) is 0 Å². The fourth-order valence-corrected chi connectivity index (χ4v) is 4.74. The number of ether oxygens (including phenoxy) is 1. The fraction of sp³-hybridized carbons (Fsp3) is 1.00. The SMILES string of the molecule is CCCNC1CCCCCC1SC1CCOCC1. The second-order valence-corrected chi connectivity index (χ2v) is 7.23. The minimum atomic E-state index is 0.764. The Kier molecular flexibility index (Phi) is 6.88. The molecule has 1 saturated heterocycles. The molecule has 0 spiro atoms. The van der Waals surface area contributed by atoms with Gasteiger partial charge in [-0.05, 0) is 38.6 Å². The lowest BCUT2D eigenvalue weighted by atomic mass is 10.1. The van der Waals surface area contributed by atoms with Crippen molar-refractivity contribution in [3.8, 4) is 0 Å². The van der Waals surface area contributed by atoms with Crippen LogP contribution in [0.4, 0.5) is 0 Å². The number of nitrogens with one attached hydrogen (secondary N) is 1. The molecule has 2 aliphatic rings. The summed E-state index contributed by atoms with van der Waals surface area (Å²) >= 11 is 2.27. The normalized spacial score (nSPS) is 31.2. The van der Waals surface area contributed by atoms with Gasteiger partial charge in [0.15, 0.2) is 0 Å². The Morgan fingerprint density at radius 2 is 1.83 bits per heavy atom. The van der Waals surface area contributed by atoms with Crippen molar-refractivity contribution in [1.82, 2.24) is 5.32 Å². The highest BCUT2D eigenvalue weighted by Crippen LogP contribution is 2.34. The summed E-state index contributed by atoms with van der Waals surface area (Å²) < 4.78 is 5.48. The van der Waals surface area contributed by atoms with Crippen molar-refractivity contribution in [3.63, 3.8) is 0 Å². The molecule has 1 aliphatic heterocycles. The minimum absolute atomic E-state index is 0.764. The van der Waals surface area contributed by atoms with Crippen LogP contribution in [-0.2, 0) is 4.74 Å². The highest BCUT2D eigenvalue weighted by atomic mass is 32.2. The Morgan fingerprint density at radius 3 is 2.61 bits per heavy atom. The van der Waals surface area contributed by atoms with Crippen molar-refractivity contribution in [2.24, 2.45) is 0 Å². The van der Waals surface area contributed by atoms with Gasteiger partial charge in [0.05, 0.1) is 0 Å². The summed E-state index contributed by atoms with van der Waals surface area (Å²) in [5.74, 6) is 0. The average Bonchev–Trinajstić information content (AvgIpc) is 2.63. The van der Waals surface area contributed by atoms with Gasteiger partial charge < -0.3 is 10.1 Å². The van der Waals surface area contributed by atoms with Crippen molar-refractivity contribution >= 4 is 11.8 Å². The van der Waals surface area contributed by atoms with E-state index in [-0.39, 0.29) is 0 Å². The Balaban J connectivity index is 1.83. The van der Waals surface area contributed by atoms with Crippen LogP contribution in [0.25, 0.3) is 0 Å². The van der Waals surface area contributed by atoms with Crippen LogP contribution < -0.4 is 5.32 Å². The summed E-state index contributed by atoms with van der Waals surface area (Å²) in [7, 11) is 0. The third-order valence-corrected chi connectivity index (χ3v) is 5.91. The highest BCUT2D eigenvalue weighted by molar-refractivity contribution is 8.00. The molecule has 1 N–H and O–H groups in total. The summed E-state index contributed by atoms with van der Waals surface area (Å²) in [5, 5.41) is 5.50. The summed E-state index contributed by atoms with van der Waals surface area (Å²) in [6.45, 7) is 5.43. The monoisotopic (exact) mass is 271 g/mol. The molecular weight excluding hydrogens is 242 g/mol. The van der Waals surface area contributed by atoms with E-state index in [4.69, 9.17) is 4.74 Å². The molecule has 2 nitrogen and oxygen atoms in total. The third kappa shape index (κ3) is 4.75. The Morgan fingerprint density at radius 1 is 1.06 bits per heavy atom. The van der Waals surface area contributed by atoms with Gasteiger partial charge in [0.2, 0.25) is 0 Å². The Bertz CT molecular complexity index is 219. The summed E-state index contributed by atoms with van der Waals surface area (Å²) in [4.78, 5) is 0. The van der Waals surface area contributed by atoms with Crippen molar-refractivity contribution in [1.29, 1.82) is 0 Å². The van der Waals surface area contributed by atoms with E-state index in [0.29, 0.717) is 0 Å². The molecular formula is C15H29NOS. The van der Waals surface area contributed by atoms with E-state index in [9.17, 15) is 0 Å². The Hall–Kier alpha value is 0.270. The molecule has 0 aromatic heterocycles. The standard InChI is InChI=1S/C15H29NOS/c1-2-10-16-14-6-4-3-5-7-15(14)18-13-8-11-17-12-9-13/h13-16H,2-12H2,1H3. The maximum absolute atomic E-state index is 5.48. The van der Waals surface area contributed by atoms with Gasteiger partial charge in [-0.15, -0.1) is 0 Å². The highest BCUT2D eigenvalue weighted by Gasteiger charge is 2.27. The van der Waals surface area contributed by atoms with Crippen LogP contribution in [0.3, 0.4) is 0 Å². The first-order valence-corrected chi connectivity index (χ1v) is 8.81. The molecule has 3 heteroatoms. The smallest absolute Gasteiger partial charge is 0.0476 e. The molecule has 0 aromatic carbocycles. The quantitative estimate of drug-likeness (QED) is 0.772. The Labute approximate surface area is 117 Å². The van der Waals surface area contributed by atoms with Crippen LogP contribution in [0, 0.1) is 0 Å². The maximum atomic E-state index is 5.48. The van der Waals surface area contributed by atoms with Gasteiger partial charge in [0, 0.05) is 29.8 Å². The van der Waals surface area contributed by atoms with E-state index in [2.05, 4.69) is 24.0 Å². The fourth-order valence-electron chi connectivity index (χ4n) is 3.06. The van der Waals surface area contributed by atoms with Crippen LogP contribution in [0.1, 0.15) is 58.3 Å². The third-order valence-electron chi connectivity index (χ3n) is 4.14. The maximum Gasteiger partial charge on any atom is 0.0476 e. The van der Waals surface area contributed by atoms with E-state index < -0.39 is 0 Å². The zero-order valence-electron chi connectivity index (χ0n) is 11.8. The van der Waals surface area contributed by atoms with Crippen molar-refractivity contribution in [3.05, 3.63) is 0 Å². The van der Waals surface area contributed by atoms with Gasteiger partial charge in [-0.3, -0.25) is 0 Å². The molecule has 0 aromatic rings. The average molecular weight is 271 g/mol. The predicted octanol–water partition coefficient (Wildman–Crippen LogP) is 3.60. The van der Waals surface area contributed by atoms with E-state index in [0.717, 1.165) is 29.8 Å². The molecule has 0 amide bonds. The molecule has 0 bridgehead atoms. The molecule has 18 heavy (non-hydrogen) atoms. The zero-order valence-corrected chi connectivity index (χ0v) is 12.6. The van der Waals surface area contributed by atoms with Gasteiger partial charge in [0.25, 0.3) is 0 Å². The topological polar surface area (TPSA) is 21.3 Å².